The van der Waals surface area contributed by atoms with Crippen LogP contribution in [0.15, 0.2) is 36.5 Å². The van der Waals surface area contributed by atoms with Crippen molar-refractivity contribution in [2.24, 2.45) is 0 Å². The van der Waals surface area contributed by atoms with E-state index in [1.165, 1.54) is 12.1 Å². The van der Waals surface area contributed by atoms with Gasteiger partial charge < -0.3 is 10.2 Å². The third kappa shape index (κ3) is 2.97. The van der Waals surface area contributed by atoms with Gasteiger partial charge in [-0.3, -0.25) is 10.1 Å². The summed E-state index contributed by atoms with van der Waals surface area (Å²) in [6.07, 6.45) is 1.69. The molecule has 1 N–H and O–H groups in total. The number of hydrogen-bond donors (Lipinski definition) is 1. The standard InChI is InChI=1S/C14H15N5O2/c20-19(21)12-3-1-2-11(10-12)13-4-5-16-14(17-13)18-8-6-15-7-9-18/h1-5,10,15H,6-9H2. The van der Waals surface area contributed by atoms with Crippen molar-refractivity contribution in [1.82, 2.24) is 15.3 Å². The first-order chi connectivity index (χ1) is 10.2. The molecule has 0 saturated carbocycles. The summed E-state index contributed by atoms with van der Waals surface area (Å²) in [7, 11) is 0. The molecule has 0 unspecified atom stereocenters. The van der Waals surface area contributed by atoms with Gasteiger partial charge in [0.15, 0.2) is 0 Å². The molecule has 0 radical (unpaired) electrons. The van der Waals surface area contributed by atoms with Crippen LogP contribution in [-0.2, 0) is 0 Å². The summed E-state index contributed by atoms with van der Waals surface area (Å²) in [5.74, 6) is 0.667. The smallest absolute Gasteiger partial charge is 0.270 e. The number of aromatic nitrogens is 2. The Morgan fingerprint density at radius 3 is 2.81 bits per heavy atom. The van der Waals surface area contributed by atoms with Gasteiger partial charge in [0.05, 0.1) is 10.6 Å². The number of nitrogens with one attached hydrogen (secondary N) is 1. The van der Waals surface area contributed by atoms with Gasteiger partial charge in [0, 0.05) is 50.1 Å². The number of anilines is 1. The highest BCUT2D eigenvalue weighted by Crippen LogP contribution is 2.23. The minimum absolute atomic E-state index is 0.0647. The maximum Gasteiger partial charge on any atom is 0.270 e. The summed E-state index contributed by atoms with van der Waals surface area (Å²) < 4.78 is 0. The summed E-state index contributed by atoms with van der Waals surface area (Å²) in [4.78, 5) is 21.4. The highest BCUT2D eigenvalue weighted by Gasteiger charge is 2.14. The summed E-state index contributed by atoms with van der Waals surface area (Å²) in [5, 5.41) is 14.1. The van der Waals surface area contributed by atoms with E-state index in [4.69, 9.17) is 0 Å². The van der Waals surface area contributed by atoms with Crippen LogP contribution in [-0.4, -0.2) is 41.1 Å². The van der Waals surface area contributed by atoms with Gasteiger partial charge in [-0.15, -0.1) is 0 Å². The predicted octanol–water partition coefficient (Wildman–Crippen LogP) is 1.46. The number of nitrogens with zero attached hydrogens (tertiary/aromatic N) is 4. The molecule has 2 aromatic rings. The first-order valence-electron chi connectivity index (χ1n) is 6.77. The second kappa shape index (κ2) is 5.84. The maximum absolute atomic E-state index is 10.9. The summed E-state index contributed by atoms with van der Waals surface area (Å²) in [6.45, 7) is 3.53. The van der Waals surface area contributed by atoms with Gasteiger partial charge in [-0.05, 0) is 6.07 Å². The van der Waals surface area contributed by atoms with E-state index in [9.17, 15) is 10.1 Å². The van der Waals surface area contributed by atoms with Gasteiger partial charge in [-0.2, -0.15) is 0 Å². The lowest BCUT2D eigenvalue weighted by Crippen LogP contribution is -2.44. The molecule has 1 aromatic heterocycles. The topological polar surface area (TPSA) is 84.2 Å². The third-order valence-corrected chi connectivity index (χ3v) is 3.40. The molecule has 1 aliphatic rings. The Morgan fingerprint density at radius 1 is 1.24 bits per heavy atom. The van der Waals surface area contributed by atoms with Crippen molar-refractivity contribution < 1.29 is 4.92 Å². The number of rotatable bonds is 3. The van der Waals surface area contributed by atoms with Crippen molar-refractivity contribution >= 4 is 11.6 Å². The second-order valence-corrected chi connectivity index (χ2v) is 4.79. The van der Waals surface area contributed by atoms with Crippen LogP contribution in [0.4, 0.5) is 11.6 Å². The van der Waals surface area contributed by atoms with E-state index in [0.29, 0.717) is 11.6 Å². The molecule has 2 heterocycles. The number of nitro groups is 1. The zero-order valence-electron chi connectivity index (χ0n) is 11.4. The molecule has 1 fully saturated rings. The number of hydrogen-bond acceptors (Lipinski definition) is 6. The quantitative estimate of drug-likeness (QED) is 0.679. The van der Waals surface area contributed by atoms with Crippen molar-refractivity contribution in [2.75, 3.05) is 31.1 Å². The van der Waals surface area contributed by atoms with Crippen LogP contribution in [0.25, 0.3) is 11.3 Å². The molecule has 7 heteroatoms. The molecular formula is C14H15N5O2. The van der Waals surface area contributed by atoms with Crippen LogP contribution < -0.4 is 10.2 Å². The number of non-ortho nitro benzene ring substituents is 1. The van der Waals surface area contributed by atoms with Crippen LogP contribution in [0.3, 0.4) is 0 Å². The van der Waals surface area contributed by atoms with Gasteiger partial charge in [0.1, 0.15) is 0 Å². The van der Waals surface area contributed by atoms with Crippen LogP contribution in [0.1, 0.15) is 0 Å². The fraction of sp³-hybridized carbons (Fsp3) is 0.286. The monoisotopic (exact) mass is 285 g/mol. The molecule has 0 aliphatic carbocycles. The Labute approximate surface area is 121 Å². The Morgan fingerprint density at radius 2 is 2.05 bits per heavy atom. The summed E-state index contributed by atoms with van der Waals surface area (Å²) in [5.41, 5.74) is 1.49. The summed E-state index contributed by atoms with van der Waals surface area (Å²) in [6, 6.07) is 8.26. The molecule has 1 aromatic carbocycles. The largest absolute Gasteiger partial charge is 0.338 e. The van der Waals surface area contributed by atoms with E-state index in [1.54, 1.807) is 18.3 Å². The van der Waals surface area contributed by atoms with Gasteiger partial charge in [-0.1, -0.05) is 12.1 Å². The second-order valence-electron chi connectivity index (χ2n) is 4.79. The Hall–Kier alpha value is -2.54. The molecule has 0 bridgehead atoms. The molecule has 0 amide bonds. The van der Waals surface area contributed by atoms with E-state index in [0.717, 1.165) is 31.7 Å². The lowest BCUT2D eigenvalue weighted by atomic mass is 10.1. The SMILES string of the molecule is O=[N+]([O-])c1cccc(-c2ccnc(N3CCNCC3)n2)c1. The first-order valence-corrected chi connectivity index (χ1v) is 6.77. The number of benzene rings is 1. The Kier molecular flexibility index (Phi) is 3.74. The zero-order chi connectivity index (χ0) is 14.7. The molecule has 21 heavy (non-hydrogen) atoms. The van der Waals surface area contributed by atoms with E-state index < -0.39 is 4.92 Å². The lowest BCUT2D eigenvalue weighted by molar-refractivity contribution is -0.384. The van der Waals surface area contributed by atoms with Gasteiger partial charge in [-0.25, -0.2) is 9.97 Å². The molecule has 7 nitrogen and oxygen atoms in total. The normalized spacial score (nSPS) is 15.0. The summed E-state index contributed by atoms with van der Waals surface area (Å²) >= 11 is 0. The molecule has 108 valence electrons. The predicted molar refractivity (Wildman–Crippen MR) is 79.2 cm³/mol. The molecule has 1 saturated heterocycles. The van der Waals surface area contributed by atoms with E-state index >= 15 is 0 Å². The molecule has 3 rings (SSSR count). The Balaban J connectivity index is 1.92. The van der Waals surface area contributed by atoms with Crippen molar-refractivity contribution in [3.8, 4) is 11.3 Å². The molecular weight excluding hydrogens is 270 g/mol. The average molecular weight is 285 g/mol. The van der Waals surface area contributed by atoms with Crippen molar-refractivity contribution in [3.63, 3.8) is 0 Å². The van der Waals surface area contributed by atoms with Crippen LogP contribution in [0.2, 0.25) is 0 Å². The fourth-order valence-corrected chi connectivity index (χ4v) is 2.31. The fourth-order valence-electron chi connectivity index (χ4n) is 2.31. The number of piperazine rings is 1. The maximum atomic E-state index is 10.9. The number of nitro benzene ring substituents is 1. The average Bonchev–Trinajstić information content (AvgIpc) is 2.56. The minimum atomic E-state index is -0.401. The lowest BCUT2D eigenvalue weighted by Gasteiger charge is -2.27. The third-order valence-electron chi connectivity index (χ3n) is 3.40. The van der Waals surface area contributed by atoms with Crippen molar-refractivity contribution in [2.45, 2.75) is 0 Å². The molecule has 0 atom stereocenters. The van der Waals surface area contributed by atoms with E-state index in [-0.39, 0.29) is 5.69 Å². The molecule has 1 aliphatic heterocycles. The highest BCUT2D eigenvalue weighted by molar-refractivity contribution is 5.63. The molecule has 0 spiro atoms. The Bertz CT molecular complexity index is 655. The van der Waals surface area contributed by atoms with E-state index in [1.807, 2.05) is 6.07 Å². The van der Waals surface area contributed by atoms with Crippen molar-refractivity contribution in [1.29, 1.82) is 0 Å². The van der Waals surface area contributed by atoms with Gasteiger partial charge in [0.2, 0.25) is 5.95 Å². The van der Waals surface area contributed by atoms with Crippen molar-refractivity contribution in [3.05, 3.63) is 46.6 Å². The minimum Gasteiger partial charge on any atom is -0.338 e. The first kappa shape index (κ1) is 13.4. The van der Waals surface area contributed by atoms with Crippen LogP contribution >= 0.6 is 0 Å². The van der Waals surface area contributed by atoms with Gasteiger partial charge >= 0.3 is 0 Å². The van der Waals surface area contributed by atoms with Crippen LogP contribution in [0, 0.1) is 10.1 Å². The van der Waals surface area contributed by atoms with E-state index in [2.05, 4.69) is 20.2 Å². The zero-order valence-corrected chi connectivity index (χ0v) is 11.4. The highest BCUT2D eigenvalue weighted by atomic mass is 16.6. The van der Waals surface area contributed by atoms with Gasteiger partial charge in [0.25, 0.3) is 5.69 Å². The van der Waals surface area contributed by atoms with Crippen LogP contribution in [0.5, 0.6) is 0 Å².